The van der Waals surface area contributed by atoms with Crippen LogP contribution >= 0.6 is 11.3 Å². The van der Waals surface area contributed by atoms with Crippen LogP contribution in [-0.4, -0.2) is 30.1 Å². The van der Waals surface area contributed by atoms with Crippen LogP contribution in [0.1, 0.15) is 27.2 Å². The van der Waals surface area contributed by atoms with E-state index < -0.39 is 0 Å². The molecule has 0 saturated carbocycles. The molecule has 31 heavy (non-hydrogen) atoms. The van der Waals surface area contributed by atoms with Crippen molar-refractivity contribution in [2.75, 3.05) is 19.1 Å². The van der Waals surface area contributed by atoms with Crippen molar-refractivity contribution in [1.29, 1.82) is 0 Å². The van der Waals surface area contributed by atoms with Crippen molar-refractivity contribution in [3.63, 3.8) is 0 Å². The molecule has 7 heteroatoms. The van der Waals surface area contributed by atoms with Gasteiger partial charge in [0, 0.05) is 6.20 Å². The average molecular weight is 434 g/mol. The maximum absolute atomic E-state index is 13.8. The van der Waals surface area contributed by atoms with Crippen LogP contribution in [0.3, 0.4) is 0 Å². The third-order valence-corrected chi connectivity index (χ3v) is 6.00. The summed E-state index contributed by atoms with van der Waals surface area (Å²) in [6.45, 7) is 4.39. The predicted octanol–water partition coefficient (Wildman–Crippen LogP) is 5.17. The zero-order valence-electron chi connectivity index (χ0n) is 17.9. The van der Waals surface area contributed by atoms with E-state index in [0.717, 1.165) is 27.0 Å². The van der Waals surface area contributed by atoms with Crippen molar-refractivity contribution in [3.8, 4) is 11.5 Å². The number of amides is 1. The zero-order valence-corrected chi connectivity index (χ0v) is 18.7. The topological polar surface area (TPSA) is 64.5 Å². The summed E-state index contributed by atoms with van der Waals surface area (Å²) in [5.74, 6) is 0.672. The molecule has 0 aliphatic rings. The van der Waals surface area contributed by atoms with E-state index in [1.165, 1.54) is 18.4 Å². The molecule has 0 aliphatic carbocycles. The number of hydrogen-bond acceptors (Lipinski definition) is 6. The Hall–Kier alpha value is -3.45. The number of aryl methyl sites for hydroxylation is 2. The minimum atomic E-state index is -0.227. The maximum atomic E-state index is 13.8. The van der Waals surface area contributed by atoms with Crippen LogP contribution < -0.4 is 14.4 Å². The lowest BCUT2D eigenvalue weighted by atomic mass is 10.1. The Bertz CT molecular complexity index is 1240. The van der Waals surface area contributed by atoms with E-state index in [-0.39, 0.29) is 12.5 Å². The number of carbonyl (C=O) groups is 1. The van der Waals surface area contributed by atoms with Gasteiger partial charge in [-0.3, -0.25) is 14.7 Å². The molecule has 0 atom stereocenters. The van der Waals surface area contributed by atoms with Gasteiger partial charge in [-0.2, -0.15) is 0 Å². The van der Waals surface area contributed by atoms with Crippen molar-refractivity contribution in [2.24, 2.45) is 0 Å². The highest BCUT2D eigenvalue weighted by Crippen LogP contribution is 2.36. The second-order valence-corrected chi connectivity index (χ2v) is 8.19. The summed E-state index contributed by atoms with van der Waals surface area (Å²) in [4.78, 5) is 24.6. The van der Waals surface area contributed by atoms with Crippen LogP contribution in [0.5, 0.6) is 11.5 Å². The summed E-state index contributed by atoms with van der Waals surface area (Å²) in [5.41, 5.74) is 4.33. The highest BCUT2D eigenvalue weighted by atomic mass is 32.1. The average Bonchev–Trinajstić information content (AvgIpc) is 3.21. The fraction of sp³-hybridized carbons (Fsp3) is 0.208. The normalized spacial score (nSPS) is 10.8. The van der Waals surface area contributed by atoms with Crippen LogP contribution in [0.15, 0.2) is 54.7 Å². The van der Waals surface area contributed by atoms with Crippen LogP contribution in [0.4, 0.5) is 5.13 Å². The van der Waals surface area contributed by atoms with Gasteiger partial charge in [0.15, 0.2) is 16.6 Å². The summed E-state index contributed by atoms with van der Waals surface area (Å²) in [7, 11) is 3.08. The van der Waals surface area contributed by atoms with Crippen molar-refractivity contribution in [1.82, 2.24) is 9.97 Å². The summed E-state index contributed by atoms with van der Waals surface area (Å²) in [6.07, 6.45) is 1.72. The van der Waals surface area contributed by atoms with Crippen molar-refractivity contribution >= 4 is 32.6 Å². The second kappa shape index (κ2) is 8.73. The van der Waals surface area contributed by atoms with Crippen molar-refractivity contribution < 1.29 is 14.3 Å². The molecule has 0 saturated heterocycles. The highest BCUT2D eigenvalue weighted by Gasteiger charge is 2.26. The number of hydrogen-bond donors (Lipinski definition) is 0. The molecule has 0 radical (unpaired) electrons. The lowest BCUT2D eigenvalue weighted by Crippen LogP contribution is -2.31. The number of para-hydroxylation sites is 1. The number of ether oxygens (including phenoxy) is 2. The van der Waals surface area contributed by atoms with Gasteiger partial charge in [0.1, 0.15) is 0 Å². The molecule has 0 aliphatic heterocycles. The molecule has 4 rings (SSSR count). The molecule has 0 spiro atoms. The first-order valence-corrected chi connectivity index (χ1v) is 10.6. The minimum absolute atomic E-state index is 0.227. The molecule has 0 N–H and O–H groups in total. The lowest BCUT2D eigenvalue weighted by molar-refractivity contribution is 0.0981. The van der Waals surface area contributed by atoms with E-state index in [1.807, 2.05) is 25.1 Å². The first-order valence-electron chi connectivity index (χ1n) is 9.82. The summed E-state index contributed by atoms with van der Waals surface area (Å²) < 4.78 is 11.9. The van der Waals surface area contributed by atoms with Gasteiger partial charge in [-0.05, 0) is 55.3 Å². The van der Waals surface area contributed by atoms with E-state index >= 15 is 0 Å². The number of aromatic nitrogens is 2. The first kappa shape index (κ1) is 20.8. The molecule has 1 amide bonds. The molecule has 0 fully saturated rings. The van der Waals surface area contributed by atoms with Gasteiger partial charge in [-0.15, -0.1) is 0 Å². The fourth-order valence-corrected chi connectivity index (χ4v) is 4.69. The van der Waals surface area contributed by atoms with Gasteiger partial charge in [0.05, 0.1) is 42.2 Å². The molecule has 2 aromatic carbocycles. The van der Waals surface area contributed by atoms with Gasteiger partial charge in [-0.1, -0.05) is 29.5 Å². The number of thiazole rings is 1. The van der Waals surface area contributed by atoms with Crippen LogP contribution in [0.2, 0.25) is 0 Å². The quantitative estimate of drug-likeness (QED) is 0.420. The Morgan fingerprint density at radius 3 is 2.61 bits per heavy atom. The van der Waals surface area contributed by atoms with Gasteiger partial charge < -0.3 is 9.47 Å². The Morgan fingerprint density at radius 2 is 1.90 bits per heavy atom. The molecular weight excluding hydrogens is 410 g/mol. The van der Waals surface area contributed by atoms with E-state index in [4.69, 9.17) is 14.5 Å². The smallest absolute Gasteiger partial charge is 0.264 e. The van der Waals surface area contributed by atoms with Crippen LogP contribution in [0.25, 0.3) is 10.2 Å². The van der Waals surface area contributed by atoms with Crippen LogP contribution in [-0.2, 0) is 6.54 Å². The standard InChI is InChI=1S/C24H23N3O3S/c1-15-12-16(2)21-20(13-15)31-24(26-21)27(14-17-8-5-6-11-25-17)23(28)18-9-7-10-19(29-3)22(18)30-4/h5-13H,14H2,1-4H3. The first-order chi connectivity index (χ1) is 15.0. The van der Waals surface area contributed by atoms with E-state index in [2.05, 4.69) is 24.0 Å². The molecule has 6 nitrogen and oxygen atoms in total. The number of pyridine rings is 1. The largest absolute Gasteiger partial charge is 0.493 e. The number of nitrogens with zero attached hydrogens (tertiary/aromatic N) is 3. The predicted molar refractivity (Wildman–Crippen MR) is 123 cm³/mol. The maximum Gasteiger partial charge on any atom is 0.264 e. The van der Waals surface area contributed by atoms with Gasteiger partial charge in [0.2, 0.25) is 0 Å². The fourth-order valence-electron chi connectivity index (χ4n) is 3.56. The van der Waals surface area contributed by atoms with Crippen molar-refractivity contribution in [2.45, 2.75) is 20.4 Å². The molecule has 158 valence electrons. The second-order valence-electron chi connectivity index (χ2n) is 7.18. The Balaban J connectivity index is 1.84. The van der Waals surface area contributed by atoms with E-state index in [9.17, 15) is 4.79 Å². The molecule has 0 bridgehead atoms. The number of methoxy groups -OCH3 is 2. The van der Waals surface area contributed by atoms with Gasteiger partial charge in [0.25, 0.3) is 5.91 Å². The number of benzene rings is 2. The van der Waals surface area contributed by atoms with Crippen molar-refractivity contribution in [3.05, 3.63) is 77.1 Å². The number of carbonyl (C=O) groups excluding carboxylic acids is 1. The Labute approximate surface area is 185 Å². The van der Waals surface area contributed by atoms with Gasteiger partial charge >= 0.3 is 0 Å². The summed E-state index contributed by atoms with van der Waals surface area (Å²) in [5, 5.41) is 0.615. The monoisotopic (exact) mass is 433 g/mol. The van der Waals surface area contributed by atoms with E-state index in [0.29, 0.717) is 22.2 Å². The Morgan fingerprint density at radius 1 is 1.06 bits per heavy atom. The molecule has 2 heterocycles. The summed E-state index contributed by atoms with van der Waals surface area (Å²) in [6, 6.07) is 15.1. The van der Waals surface area contributed by atoms with Crippen LogP contribution in [0, 0.1) is 13.8 Å². The van der Waals surface area contributed by atoms with Gasteiger partial charge in [-0.25, -0.2) is 4.98 Å². The minimum Gasteiger partial charge on any atom is -0.493 e. The van der Waals surface area contributed by atoms with E-state index in [1.54, 1.807) is 36.4 Å². The number of anilines is 1. The summed E-state index contributed by atoms with van der Waals surface area (Å²) >= 11 is 1.49. The molecular formula is C24H23N3O3S. The number of fused-ring (bicyclic) bond motifs is 1. The SMILES string of the molecule is COc1cccc(C(=O)N(Cc2ccccn2)c2nc3c(C)cc(C)cc3s2)c1OC. The lowest BCUT2D eigenvalue weighted by Gasteiger charge is -2.21. The molecule has 0 unspecified atom stereocenters. The molecule has 4 aromatic rings. The third-order valence-electron chi connectivity index (χ3n) is 4.97. The molecule has 2 aromatic heterocycles. The number of rotatable bonds is 6. The zero-order chi connectivity index (χ0) is 22.0. The highest BCUT2D eigenvalue weighted by molar-refractivity contribution is 7.22. The third kappa shape index (κ3) is 4.09. The Kier molecular flexibility index (Phi) is 5.86.